The molecule has 0 aliphatic rings. The molecule has 0 saturated heterocycles. The Morgan fingerprint density at radius 1 is 1.33 bits per heavy atom. The Hall–Kier alpha value is -1.52. The maximum Gasteiger partial charge on any atom is 0.267 e. The third kappa shape index (κ3) is 2.93. The quantitative estimate of drug-likeness (QED) is 0.463. The minimum atomic E-state index is -0.166. The smallest absolute Gasteiger partial charge is 0.267 e. The average molecular weight is 396 g/mol. The van der Waals surface area contributed by atoms with Crippen LogP contribution >= 0.6 is 46.3 Å². The molecule has 1 aromatic carbocycles. The van der Waals surface area contributed by atoms with E-state index in [-0.39, 0.29) is 11.3 Å². The summed E-state index contributed by atoms with van der Waals surface area (Å²) in [5, 5.41) is 10.7. The second-order valence-corrected chi connectivity index (χ2v) is 8.00. The van der Waals surface area contributed by atoms with E-state index < -0.39 is 0 Å². The van der Waals surface area contributed by atoms with Crippen LogP contribution in [0.4, 0.5) is 0 Å². The first-order chi connectivity index (χ1) is 11.4. The SMILES string of the molecule is Cc1sc2nc(SCC#N)n(-c3ccc(Cl)c(Cl)c3)c(=O)c2c1C. The molecule has 0 aliphatic heterocycles. The molecule has 0 spiro atoms. The molecule has 122 valence electrons. The Morgan fingerprint density at radius 3 is 2.75 bits per heavy atom. The number of hydrogen-bond acceptors (Lipinski definition) is 5. The van der Waals surface area contributed by atoms with Crippen LogP contribution in [-0.2, 0) is 0 Å². The first-order valence-electron chi connectivity index (χ1n) is 6.92. The fraction of sp³-hybridized carbons (Fsp3) is 0.188. The zero-order valence-electron chi connectivity index (χ0n) is 12.8. The first-order valence-corrected chi connectivity index (χ1v) is 9.47. The van der Waals surface area contributed by atoms with Crippen LogP contribution in [0.15, 0.2) is 28.2 Å². The highest BCUT2D eigenvalue weighted by Gasteiger charge is 2.18. The minimum Gasteiger partial charge on any atom is -0.268 e. The predicted molar refractivity (Wildman–Crippen MR) is 101 cm³/mol. The fourth-order valence-corrected chi connectivity index (χ4v) is 4.36. The van der Waals surface area contributed by atoms with Gasteiger partial charge in [-0.05, 0) is 37.6 Å². The topological polar surface area (TPSA) is 58.7 Å². The second-order valence-electron chi connectivity index (χ2n) is 5.04. The van der Waals surface area contributed by atoms with Crippen molar-refractivity contribution in [3.05, 3.63) is 49.0 Å². The summed E-state index contributed by atoms with van der Waals surface area (Å²) in [7, 11) is 0. The van der Waals surface area contributed by atoms with Gasteiger partial charge in [-0.3, -0.25) is 9.36 Å². The third-order valence-electron chi connectivity index (χ3n) is 3.60. The van der Waals surface area contributed by atoms with Crippen molar-refractivity contribution in [2.24, 2.45) is 0 Å². The van der Waals surface area contributed by atoms with Gasteiger partial charge in [0.2, 0.25) is 0 Å². The Balaban J connectivity index is 2.36. The molecule has 24 heavy (non-hydrogen) atoms. The Bertz CT molecular complexity index is 1050. The van der Waals surface area contributed by atoms with Crippen molar-refractivity contribution in [3.63, 3.8) is 0 Å². The number of halogens is 2. The summed E-state index contributed by atoms with van der Waals surface area (Å²) in [5.74, 6) is 0.197. The fourth-order valence-electron chi connectivity index (χ4n) is 2.32. The number of thioether (sulfide) groups is 1. The van der Waals surface area contributed by atoms with Gasteiger partial charge in [0, 0.05) is 4.88 Å². The van der Waals surface area contributed by atoms with E-state index in [1.807, 2.05) is 13.8 Å². The first kappa shape index (κ1) is 17.3. The normalized spacial score (nSPS) is 11.0. The molecule has 0 atom stereocenters. The number of aromatic nitrogens is 2. The summed E-state index contributed by atoms with van der Waals surface area (Å²) >= 11 is 14.8. The molecule has 0 fully saturated rings. The number of hydrogen-bond donors (Lipinski definition) is 0. The Labute approximate surface area is 156 Å². The van der Waals surface area contributed by atoms with Crippen molar-refractivity contribution in [1.29, 1.82) is 5.26 Å². The van der Waals surface area contributed by atoms with Gasteiger partial charge < -0.3 is 0 Å². The Kier molecular flexibility index (Phi) is 4.88. The van der Waals surface area contributed by atoms with Gasteiger partial charge in [0.15, 0.2) is 5.16 Å². The third-order valence-corrected chi connectivity index (χ3v) is 6.25. The second kappa shape index (κ2) is 6.77. The van der Waals surface area contributed by atoms with Gasteiger partial charge in [-0.25, -0.2) is 4.98 Å². The largest absolute Gasteiger partial charge is 0.268 e. The van der Waals surface area contributed by atoms with Crippen LogP contribution in [0.2, 0.25) is 10.0 Å². The number of aryl methyl sites for hydroxylation is 2. The summed E-state index contributed by atoms with van der Waals surface area (Å²) in [4.78, 5) is 19.4. The molecule has 0 radical (unpaired) electrons. The number of nitrogens with zero attached hydrogens (tertiary/aromatic N) is 3. The maximum absolute atomic E-state index is 13.1. The summed E-state index contributed by atoms with van der Waals surface area (Å²) < 4.78 is 1.49. The van der Waals surface area contributed by atoms with Crippen molar-refractivity contribution in [2.75, 3.05) is 5.75 Å². The van der Waals surface area contributed by atoms with Crippen LogP contribution in [-0.4, -0.2) is 15.3 Å². The van der Waals surface area contributed by atoms with Gasteiger partial charge in [0.25, 0.3) is 5.56 Å². The van der Waals surface area contributed by atoms with E-state index in [9.17, 15) is 4.79 Å². The molecule has 0 aliphatic carbocycles. The van der Waals surface area contributed by atoms with E-state index in [1.54, 1.807) is 18.2 Å². The molecule has 4 nitrogen and oxygen atoms in total. The van der Waals surface area contributed by atoms with Crippen molar-refractivity contribution in [3.8, 4) is 11.8 Å². The van der Waals surface area contributed by atoms with Gasteiger partial charge in [-0.1, -0.05) is 35.0 Å². The van der Waals surface area contributed by atoms with Gasteiger partial charge in [0.1, 0.15) is 4.83 Å². The van der Waals surface area contributed by atoms with E-state index in [1.165, 1.54) is 27.7 Å². The van der Waals surface area contributed by atoms with Crippen molar-refractivity contribution >= 4 is 56.5 Å². The number of thiophene rings is 1. The highest BCUT2D eigenvalue weighted by Crippen LogP contribution is 2.31. The molecule has 0 saturated carbocycles. The standard InChI is InChI=1S/C16H11Cl2N3OS2/c1-8-9(2)24-14-13(8)15(22)21(16(20-14)23-6-5-19)10-3-4-11(17)12(18)7-10/h3-4,7H,6H2,1-2H3. The van der Waals surface area contributed by atoms with Crippen LogP contribution in [0.25, 0.3) is 15.9 Å². The lowest BCUT2D eigenvalue weighted by Crippen LogP contribution is -2.21. The van der Waals surface area contributed by atoms with E-state index in [4.69, 9.17) is 28.5 Å². The lowest BCUT2D eigenvalue weighted by Gasteiger charge is -2.12. The van der Waals surface area contributed by atoms with Crippen molar-refractivity contribution in [1.82, 2.24) is 9.55 Å². The number of benzene rings is 1. The monoisotopic (exact) mass is 395 g/mol. The number of fused-ring (bicyclic) bond motifs is 1. The summed E-state index contributed by atoms with van der Waals surface area (Å²) in [6, 6.07) is 7.05. The van der Waals surface area contributed by atoms with Gasteiger partial charge in [-0.15, -0.1) is 11.3 Å². The van der Waals surface area contributed by atoms with Gasteiger partial charge >= 0.3 is 0 Å². The highest BCUT2D eigenvalue weighted by atomic mass is 35.5. The van der Waals surface area contributed by atoms with Crippen LogP contribution in [0.3, 0.4) is 0 Å². The van der Waals surface area contributed by atoms with Crippen LogP contribution in [0.5, 0.6) is 0 Å². The van der Waals surface area contributed by atoms with Gasteiger partial charge in [0.05, 0.1) is 32.9 Å². The summed E-state index contributed by atoms with van der Waals surface area (Å²) in [6.07, 6.45) is 0. The molecule has 8 heteroatoms. The lowest BCUT2D eigenvalue weighted by molar-refractivity contribution is 0.823. The van der Waals surface area contributed by atoms with Crippen LogP contribution in [0, 0.1) is 25.2 Å². The molecule has 3 rings (SSSR count). The van der Waals surface area contributed by atoms with E-state index in [0.29, 0.717) is 31.1 Å². The maximum atomic E-state index is 13.1. The summed E-state index contributed by atoms with van der Waals surface area (Å²) in [6.45, 7) is 3.88. The Morgan fingerprint density at radius 2 is 2.08 bits per heavy atom. The van der Waals surface area contributed by atoms with Gasteiger partial charge in [-0.2, -0.15) is 5.26 Å². The number of nitriles is 1. The summed E-state index contributed by atoms with van der Waals surface area (Å²) in [5.41, 5.74) is 1.34. The lowest BCUT2D eigenvalue weighted by atomic mass is 10.2. The molecule has 0 bridgehead atoms. The molecule has 2 heterocycles. The molecule has 2 aromatic heterocycles. The number of rotatable bonds is 3. The zero-order chi connectivity index (χ0) is 17.4. The molecule has 3 aromatic rings. The highest BCUT2D eigenvalue weighted by molar-refractivity contribution is 7.99. The molecule has 0 N–H and O–H groups in total. The van der Waals surface area contributed by atoms with Crippen molar-refractivity contribution < 1.29 is 0 Å². The van der Waals surface area contributed by atoms with E-state index >= 15 is 0 Å². The van der Waals surface area contributed by atoms with Crippen LogP contribution in [0.1, 0.15) is 10.4 Å². The molecule has 0 amide bonds. The predicted octanol–water partition coefficient (Wildman–Crippen LogP) is 4.99. The average Bonchev–Trinajstić information content (AvgIpc) is 2.83. The van der Waals surface area contributed by atoms with E-state index in [2.05, 4.69) is 11.1 Å². The minimum absolute atomic E-state index is 0.166. The van der Waals surface area contributed by atoms with Crippen molar-refractivity contribution in [2.45, 2.75) is 19.0 Å². The zero-order valence-corrected chi connectivity index (χ0v) is 15.9. The molecule has 0 unspecified atom stereocenters. The molecular weight excluding hydrogens is 385 g/mol. The molecular formula is C16H11Cl2N3OS2. The van der Waals surface area contributed by atoms with E-state index in [0.717, 1.165) is 10.4 Å². The van der Waals surface area contributed by atoms with Crippen LogP contribution < -0.4 is 5.56 Å².